The van der Waals surface area contributed by atoms with Crippen LogP contribution in [0, 0.1) is 17.7 Å². The zero-order chi connectivity index (χ0) is 14.4. The molecule has 1 nitrogen and oxygen atoms in total. The summed E-state index contributed by atoms with van der Waals surface area (Å²) < 4.78 is 14.8. The maximum Gasteiger partial charge on any atom is 0.126 e. The number of rotatable bonds is 7. The fraction of sp³-hybridized carbons (Fsp3) is 0.625. The van der Waals surface area contributed by atoms with Gasteiger partial charge in [0, 0.05) is 10.5 Å². The second kappa shape index (κ2) is 8.01. The molecule has 0 aromatic heterocycles. The third kappa shape index (κ3) is 6.53. The highest BCUT2D eigenvalue weighted by atomic mass is 79.9. The van der Waals surface area contributed by atoms with Crippen molar-refractivity contribution in [1.29, 1.82) is 0 Å². The van der Waals surface area contributed by atoms with Gasteiger partial charge in [0.05, 0.1) is 0 Å². The lowest BCUT2D eigenvalue weighted by Crippen LogP contribution is -2.30. The van der Waals surface area contributed by atoms with E-state index in [9.17, 15) is 4.39 Å². The minimum Gasteiger partial charge on any atom is -0.314 e. The Bertz CT molecular complexity index is 390. The molecule has 0 aliphatic heterocycles. The van der Waals surface area contributed by atoms with Crippen LogP contribution in [0.5, 0.6) is 0 Å². The van der Waals surface area contributed by atoms with Gasteiger partial charge in [-0.25, -0.2) is 4.39 Å². The number of halogens is 2. The van der Waals surface area contributed by atoms with E-state index in [4.69, 9.17) is 0 Å². The van der Waals surface area contributed by atoms with E-state index in [2.05, 4.69) is 48.9 Å². The fourth-order valence-corrected chi connectivity index (χ4v) is 2.73. The first-order valence-electron chi connectivity index (χ1n) is 7.05. The fourth-order valence-electron chi connectivity index (χ4n) is 2.32. The van der Waals surface area contributed by atoms with Gasteiger partial charge in [-0.15, -0.1) is 0 Å². The summed E-state index contributed by atoms with van der Waals surface area (Å²) in [6.07, 6.45) is 1.91. The van der Waals surface area contributed by atoms with Crippen molar-refractivity contribution < 1.29 is 4.39 Å². The average molecular weight is 330 g/mol. The number of hydrogen-bond donors (Lipinski definition) is 1. The van der Waals surface area contributed by atoms with E-state index < -0.39 is 0 Å². The summed E-state index contributed by atoms with van der Waals surface area (Å²) in [5, 5.41) is 3.47. The second-order valence-corrected chi connectivity index (χ2v) is 6.91. The van der Waals surface area contributed by atoms with Crippen molar-refractivity contribution in [2.75, 3.05) is 6.54 Å². The third-order valence-corrected chi connectivity index (χ3v) is 3.63. The van der Waals surface area contributed by atoms with Crippen LogP contribution < -0.4 is 5.32 Å². The maximum atomic E-state index is 13.8. The van der Waals surface area contributed by atoms with Crippen LogP contribution in [0.4, 0.5) is 4.39 Å². The van der Waals surface area contributed by atoms with Crippen LogP contribution in [0.3, 0.4) is 0 Å². The molecule has 0 aliphatic carbocycles. The summed E-state index contributed by atoms with van der Waals surface area (Å²) in [7, 11) is 0. The smallest absolute Gasteiger partial charge is 0.126 e. The van der Waals surface area contributed by atoms with Crippen LogP contribution in [-0.4, -0.2) is 12.6 Å². The highest BCUT2D eigenvalue weighted by molar-refractivity contribution is 9.10. The van der Waals surface area contributed by atoms with E-state index in [1.165, 1.54) is 0 Å². The van der Waals surface area contributed by atoms with Gasteiger partial charge in [-0.3, -0.25) is 0 Å². The molecule has 1 aromatic carbocycles. The van der Waals surface area contributed by atoms with Crippen molar-refractivity contribution in [1.82, 2.24) is 5.32 Å². The van der Waals surface area contributed by atoms with Gasteiger partial charge in [-0.05, 0) is 55.0 Å². The number of nitrogens with one attached hydrogen (secondary N) is 1. The predicted molar refractivity (Wildman–Crippen MR) is 83.9 cm³/mol. The van der Waals surface area contributed by atoms with Gasteiger partial charge in [-0.2, -0.15) is 0 Å². The van der Waals surface area contributed by atoms with Crippen molar-refractivity contribution in [3.63, 3.8) is 0 Å². The van der Waals surface area contributed by atoms with Crippen LogP contribution in [0.2, 0.25) is 0 Å². The van der Waals surface area contributed by atoms with Gasteiger partial charge in [0.25, 0.3) is 0 Å². The summed E-state index contributed by atoms with van der Waals surface area (Å²) in [6, 6.07) is 5.67. The van der Waals surface area contributed by atoms with Crippen LogP contribution >= 0.6 is 15.9 Å². The van der Waals surface area contributed by atoms with Gasteiger partial charge in [-0.1, -0.05) is 43.6 Å². The molecule has 0 saturated heterocycles. The first kappa shape index (κ1) is 16.6. The Morgan fingerprint density at radius 1 is 1.21 bits per heavy atom. The summed E-state index contributed by atoms with van der Waals surface area (Å²) in [4.78, 5) is 0. The Kier molecular flexibility index (Phi) is 7.01. The van der Waals surface area contributed by atoms with Crippen LogP contribution in [0.15, 0.2) is 22.7 Å². The zero-order valence-corrected chi connectivity index (χ0v) is 13.9. The Morgan fingerprint density at radius 3 is 2.47 bits per heavy atom. The van der Waals surface area contributed by atoms with E-state index in [-0.39, 0.29) is 5.82 Å². The molecule has 0 saturated carbocycles. The molecule has 1 N–H and O–H groups in total. The second-order valence-electron chi connectivity index (χ2n) is 6.00. The molecule has 0 heterocycles. The molecule has 0 fully saturated rings. The summed E-state index contributed by atoms with van der Waals surface area (Å²) in [5.74, 6) is 1.02. The topological polar surface area (TPSA) is 12.0 Å². The Hall–Kier alpha value is -0.410. The van der Waals surface area contributed by atoms with Crippen molar-refractivity contribution in [2.24, 2.45) is 11.8 Å². The summed E-state index contributed by atoms with van der Waals surface area (Å²) >= 11 is 3.42. The molecule has 1 unspecified atom stereocenters. The minimum atomic E-state index is -0.0958. The molecule has 0 bridgehead atoms. The number of benzene rings is 1. The predicted octanol–water partition coefficient (Wildman–Crippen LogP) is 4.79. The molecule has 0 amide bonds. The maximum absolute atomic E-state index is 13.8. The van der Waals surface area contributed by atoms with E-state index in [0.29, 0.717) is 17.9 Å². The van der Waals surface area contributed by atoms with E-state index >= 15 is 0 Å². The van der Waals surface area contributed by atoms with Crippen LogP contribution in [-0.2, 0) is 6.42 Å². The monoisotopic (exact) mass is 329 g/mol. The lowest BCUT2D eigenvalue weighted by molar-refractivity contribution is 0.369. The van der Waals surface area contributed by atoms with Crippen molar-refractivity contribution >= 4 is 15.9 Å². The molecule has 1 rings (SSSR count). The third-order valence-electron chi connectivity index (χ3n) is 3.14. The molecular weight excluding hydrogens is 305 g/mol. The Balaban J connectivity index is 2.72. The van der Waals surface area contributed by atoms with Crippen molar-refractivity contribution in [3.8, 4) is 0 Å². The SMILES string of the molecule is CC(C)CC(CNC(C)C)Cc1cc(Br)ccc1F. The Morgan fingerprint density at radius 2 is 1.89 bits per heavy atom. The Labute approximate surface area is 125 Å². The molecular formula is C16H25BrFN. The molecule has 108 valence electrons. The van der Waals surface area contributed by atoms with Crippen LogP contribution in [0.1, 0.15) is 39.7 Å². The van der Waals surface area contributed by atoms with Gasteiger partial charge in [0.2, 0.25) is 0 Å². The van der Waals surface area contributed by atoms with Gasteiger partial charge < -0.3 is 5.32 Å². The molecule has 1 aromatic rings. The highest BCUT2D eigenvalue weighted by Crippen LogP contribution is 2.22. The van der Waals surface area contributed by atoms with Gasteiger partial charge in [0.15, 0.2) is 0 Å². The van der Waals surface area contributed by atoms with Gasteiger partial charge >= 0.3 is 0 Å². The molecule has 0 aliphatic rings. The van der Waals surface area contributed by atoms with Crippen molar-refractivity contribution in [2.45, 2.75) is 46.6 Å². The summed E-state index contributed by atoms with van der Waals surface area (Å²) in [5.41, 5.74) is 0.811. The van der Waals surface area contributed by atoms with Crippen molar-refractivity contribution in [3.05, 3.63) is 34.1 Å². The normalized spacial score (nSPS) is 13.3. The lowest BCUT2D eigenvalue weighted by atomic mass is 9.90. The largest absolute Gasteiger partial charge is 0.314 e. The minimum absolute atomic E-state index is 0.0958. The average Bonchev–Trinajstić information content (AvgIpc) is 2.30. The molecule has 1 atom stereocenters. The quantitative estimate of drug-likeness (QED) is 0.758. The first-order chi connectivity index (χ1) is 8.88. The van der Waals surface area contributed by atoms with Gasteiger partial charge in [0.1, 0.15) is 5.82 Å². The molecule has 19 heavy (non-hydrogen) atoms. The molecule has 3 heteroatoms. The summed E-state index contributed by atoms with van der Waals surface area (Å²) in [6.45, 7) is 9.68. The molecule has 0 radical (unpaired) electrons. The van der Waals surface area contributed by atoms with E-state index in [1.54, 1.807) is 12.1 Å². The first-order valence-corrected chi connectivity index (χ1v) is 7.85. The zero-order valence-electron chi connectivity index (χ0n) is 12.3. The van der Waals surface area contributed by atoms with E-state index in [0.717, 1.165) is 29.4 Å². The van der Waals surface area contributed by atoms with E-state index in [1.807, 2.05) is 6.07 Å². The molecule has 0 spiro atoms. The number of hydrogen-bond acceptors (Lipinski definition) is 1. The highest BCUT2D eigenvalue weighted by Gasteiger charge is 2.15. The standard InChI is InChI=1S/C16H25BrFN/c1-11(2)7-13(10-19-12(3)4)8-14-9-15(17)5-6-16(14)18/h5-6,9,11-13,19H,7-8,10H2,1-4H3. The van der Waals surface area contributed by atoms with Crippen LogP contribution in [0.25, 0.3) is 0 Å². The lowest BCUT2D eigenvalue weighted by Gasteiger charge is -2.21.